The number of carbonyl (C=O) groups is 4. The third kappa shape index (κ3) is 4.12. The number of nitrogens with zero attached hydrogens (tertiary/aromatic N) is 1. The Labute approximate surface area is 170 Å². The highest BCUT2D eigenvalue weighted by Gasteiger charge is 2.36. The third-order valence-electron chi connectivity index (χ3n) is 4.02. The van der Waals surface area contributed by atoms with E-state index >= 15 is 0 Å². The zero-order chi connectivity index (χ0) is 21.1. The van der Waals surface area contributed by atoms with Gasteiger partial charge in [0, 0.05) is 0 Å². The number of ether oxygens (including phenoxy) is 1. The highest BCUT2D eigenvalue weighted by molar-refractivity contribution is 6.39. The lowest BCUT2D eigenvalue weighted by molar-refractivity contribution is -0.122. The predicted octanol–water partition coefficient (Wildman–Crippen LogP) is 2.89. The SMILES string of the molecule is CCOC(=O)c1ccc(N2C(=O)NC(=O)/C(=C\c3ccc(O)c(Cl)c3)C2=O)cc1. The molecule has 0 aromatic heterocycles. The number of imide groups is 2. The van der Waals surface area contributed by atoms with Gasteiger partial charge in [0.25, 0.3) is 11.8 Å². The van der Waals surface area contributed by atoms with Crippen LogP contribution in [-0.4, -0.2) is 35.5 Å². The topological polar surface area (TPSA) is 113 Å². The van der Waals surface area contributed by atoms with Gasteiger partial charge in [0.2, 0.25) is 0 Å². The Kier molecular flexibility index (Phi) is 5.65. The lowest BCUT2D eigenvalue weighted by atomic mass is 10.1. The van der Waals surface area contributed by atoms with E-state index in [1.165, 1.54) is 48.5 Å². The van der Waals surface area contributed by atoms with Crippen LogP contribution in [0.25, 0.3) is 6.08 Å². The molecule has 4 amide bonds. The first kappa shape index (κ1) is 20.1. The zero-order valence-electron chi connectivity index (χ0n) is 15.1. The smallest absolute Gasteiger partial charge is 0.338 e. The summed E-state index contributed by atoms with van der Waals surface area (Å²) in [6, 6.07) is 8.86. The fourth-order valence-corrected chi connectivity index (χ4v) is 2.82. The maximum absolute atomic E-state index is 12.8. The van der Waals surface area contributed by atoms with Crippen molar-refractivity contribution in [1.29, 1.82) is 0 Å². The molecule has 1 heterocycles. The van der Waals surface area contributed by atoms with Crippen molar-refractivity contribution in [3.8, 4) is 5.75 Å². The summed E-state index contributed by atoms with van der Waals surface area (Å²) in [6.45, 7) is 1.89. The zero-order valence-corrected chi connectivity index (χ0v) is 15.9. The number of hydrogen-bond donors (Lipinski definition) is 2. The molecular weight excluding hydrogens is 400 g/mol. The summed E-state index contributed by atoms with van der Waals surface area (Å²) in [6.07, 6.45) is 1.26. The number of amides is 4. The number of anilines is 1. The molecule has 8 nitrogen and oxygen atoms in total. The van der Waals surface area contributed by atoms with Gasteiger partial charge in [-0.3, -0.25) is 14.9 Å². The summed E-state index contributed by atoms with van der Waals surface area (Å²) in [5.41, 5.74) is 0.521. The number of halogens is 1. The summed E-state index contributed by atoms with van der Waals surface area (Å²) >= 11 is 5.85. The van der Waals surface area contributed by atoms with Crippen LogP contribution in [0.5, 0.6) is 5.75 Å². The van der Waals surface area contributed by atoms with Crippen molar-refractivity contribution in [3.05, 3.63) is 64.2 Å². The van der Waals surface area contributed by atoms with Gasteiger partial charge >= 0.3 is 12.0 Å². The summed E-state index contributed by atoms with van der Waals surface area (Å²) in [4.78, 5) is 49.8. The van der Waals surface area contributed by atoms with E-state index in [-0.39, 0.29) is 34.2 Å². The Balaban J connectivity index is 1.93. The Hall–Kier alpha value is -3.65. The number of phenols is 1. The minimum Gasteiger partial charge on any atom is -0.506 e. The van der Waals surface area contributed by atoms with Crippen LogP contribution in [0.3, 0.4) is 0 Å². The number of hydrogen-bond acceptors (Lipinski definition) is 6. The number of phenolic OH excluding ortho intramolecular Hbond substituents is 1. The van der Waals surface area contributed by atoms with Gasteiger partial charge in [-0.15, -0.1) is 0 Å². The number of aromatic hydroxyl groups is 1. The van der Waals surface area contributed by atoms with E-state index in [2.05, 4.69) is 5.32 Å². The molecule has 2 aromatic rings. The van der Waals surface area contributed by atoms with Crippen LogP contribution in [0.2, 0.25) is 5.02 Å². The second-order valence-electron chi connectivity index (χ2n) is 5.94. The summed E-state index contributed by atoms with van der Waals surface area (Å²) in [5, 5.41) is 11.6. The molecule has 0 saturated carbocycles. The lowest BCUT2D eigenvalue weighted by Crippen LogP contribution is -2.54. The summed E-state index contributed by atoms with van der Waals surface area (Å²) < 4.78 is 4.89. The van der Waals surface area contributed by atoms with Crippen LogP contribution in [0.4, 0.5) is 10.5 Å². The largest absolute Gasteiger partial charge is 0.506 e. The first-order valence-corrected chi connectivity index (χ1v) is 8.86. The molecule has 2 N–H and O–H groups in total. The lowest BCUT2D eigenvalue weighted by Gasteiger charge is -2.26. The minimum absolute atomic E-state index is 0.0468. The maximum atomic E-state index is 12.8. The van der Waals surface area contributed by atoms with Crippen LogP contribution >= 0.6 is 11.6 Å². The molecule has 0 bridgehead atoms. The molecule has 148 valence electrons. The van der Waals surface area contributed by atoms with Crippen molar-refractivity contribution in [3.63, 3.8) is 0 Å². The number of barbiturate groups is 1. The van der Waals surface area contributed by atoms with Crippen molar-refractivity contribution in [1.82, 2.24) is 5.32 Å². The van der Waals surface area contributed by atoms with Gasteiger partial charge in [0.05, 0.1) is 22.9 Å². The first-order valence-electron chi connectivity index (χ1n) is 8.49. The number of rotatable bonds is 4. The van der Waals surface area contributed by atoms with Crippen LogP contribution in [0.15, 0.2) is 48.0 Å². The van der Waals surface area contributed by atoms with Crippen molar-refractivity contribution in [2.75, 3.05) is 11.5 Å². The van der Waals surface area contributed by atoms with Crippen LogP contribution < -0.4 is 10.2 Å². The monoisotopic (exact) mass is 414 g/mol. The van der Waals surface area contributed by atoms with Gasteiger partial charge in [0.1, 0.15) is 11.3 Å². The molecule has 0 aliphatic carbocycles. The summed E-state index contributed by atoms with van der Waals surface area (Å²) in [5.74, 6) is -2.38. The first-order chi connectivity index (χ1) is 13.8. The van der Waals surface area contributed by atoms with Crippen LogP contribution in [-0.2, 0) is 14.3 Å². The van der Waals surface area contributed by atoms with E-state index < -0.39 is 23.8 Å². The molecule has 1 aliphatic rings. The Morgan fingerprint density at radius 3 is 2.48 bits per heavy atom. The molecule has 0 atom stereocenters. The Morgan fingerprint density at radius 1 is 1.17 bits per heavy atom. The highest BCUT2D eigenvalue weighted by Crippen LogP contribution is 2.26. The second kappa shape index (κ2) is 8.15. The minimum atomic E-state index is -0.912. The highest BCUT2D eigenvalue weighted by atomic mass is 35.5. The number of nitrogens with one attached hydrogen (secondary N) is 1. The maximum Gasteiger partial charge on any atom is 0.338 e. The van der Waals surface area contributed by atoms with E-state index in [9.17, 15) is 24.3 Å². The summed E-state index contributed by atoms with van der Waals surface area (Å²) in [7, 11) is 0. The van der Waals surface area contributed by atoms with E-state index in [1.807, 2.05) is 0 Å². The van der Waals surface area contributed by atoms with Crippen LogP contribution in [0, 0.1) is 0 Å². The molecule has 3 rings (SSSR count). The molecule has 29 heavy (non-hydrogen) atoms. The predicted molar refractivity (Wildman–Crippen MR) is 105 cm³/mol. The van der Waals surface area contributed by atoms with Crippen molar-refractivity contribution in [2.45, 2.75) is 6.92 Å². The van der Waals surface area contributed by atoms with E-state index in [0.29, 0.717) is 5.56 Å². The van der Waals surface area contributed by atoms with E-state index in [0.717, 1.165) is 4.90 Å². The molecular formula is C20H15ClN2O6. The Morgan fingerprint density at radius 2 is 1.86 bits per heavy atom. The van der Waals surface area contributed by atoms with Gasteiger partial charge in [-0.1, -0.05) is 17.7 Å². The normalized spacial score (nSPS) is 15.4. The van der Waals surface area contributed by atoms with Gasteiger partial charge in [-0.2, -0.15) is 0 Å². The standard InChI is InChI=1S/C20H15ClN2O6/c1-2-29-19(27)12-4-6-13(7-5-12)23-18(26)14(17(25)22-20(23)28)9-11-3-8-16(24)15(21)10-11/h3-10,24H,2H2,1H3,(H,22,25,28)/b14-9+. The van der Waals surface area contributed by atoms with E-state index in [4.69, 9.17) is 16.3 Å². The number of benzene rings is 2. The molecule has 9 heteroatoms. The fourth-order valence-electron chi connectivity index (χ4n) is 2.63. The quantitative estimate of drug-likeness (QED) is 0.452. The average Bonchev–Trinajstić information content (AvgIpc) is 2.68. The molecule has 1 aliphatic heterocycles. The Bertz CT molecular complexity index is 1050. The van der Waals surface area contributed by atoms with Crippen molar-refractivity contribution in [2.24, 2.45) is 0 Å². The molecule has 0 radical (unpaired) electrons. The van der Waals surface area contributed by atoms with Gasteiger partial charge < -0.3 is 9.84 Å². The van der Waals surface area contributed by atoms with Crippen LogP contribution in [0.1, 0.15) is 22.8 Å². The second-order valence-corrected chi connectivity index (χ2v) is 6.34. The van der Waals surface area contributed by atoms with E-state index in [1.54, 1.807) is 6.92 Å². The van der Waals surface area contributed by atoms with Crippen molar-refractivity contribution >= 4 is 47.2 Å². The molecule has 2 aromatic carbocycles. The fraction of sp³-hybridized carbons (Fsp3) is 0.100. The van der Waals surface area contributed by atoms with Gasteiger partial charge in [-0.25, -0.2) is 14.5 Å². The molecule has 0 unspecified atom stereocenters. The third-order valence-corrected chi connectivity index (χ3v) is 4.32. The number of carbonyl (C=O) groups excluding carboxylic acids is 4. The van der Waals surface area contributed by atoms with Gasteiger partial charge in [-0.05, 0) is 55.0 Å². The average molecular weight is 415 g/mol. The molecule has 1 fully saturated rings. The molecule has 0 spiro atoms. The number of esters is 1. The molecule has 1 saturated heterocycles. The van der Waals surface area contributed by atoms with Crippen molar-refractivity contribution < 1.29 is 29.0 Å². The number of urea groups is 1. The van der Waals surface area contributed by atoms with Gasteiger partial charge in [0.15, 0.2) is 0 Å².